The van der Waals surface area contributed by atoms with Gasteiger partial charge >= 0.3 is 5.97 Å². The molecule has 0 heterocycles. The van der Waals surface area contributed by atoms with Gasteiger partial charge in [-0.25, -0.2) is 9.18 Å². The molecule has 1 rings (SSSR count). The van der Waals surface area contributed by atoms with Gasteiger partial charge in [-0.2, -0.15) is 0 Å². The smallest absolute Gasteiger partial charge is 0.326 e. The summed E-state index contributed by atoms with van der Waals surface area (Å²) in [5, 5.41) is 11.5. The lowest BCUT2D eigenvalue weighted by atomic mass is 10.1. The molecular formula is C16H20FNO4. The van der Waals surface area contributed by atoms with Crippen LogP contribution in [0.4, 0.5) is 4.39 Å². The second-order valence-corrected chi connectivity index (χ2v) is 4.73. The van der Waals surface area contributed by atoms with Crippen molar-refractivity contribution in [1.82, 2.24) is 5.32 Å². The van der Waals surface area contributed by atoms with Crippen molar-refractivity contribution >= 4 is 11.9 Å². The van der Waals surface area contributed by atoms with Crippen molar-refractivity contribution in [1.29, 1.82) is 0 Å². The fourth-order valence-corrected chi connectivity index (χ4v) is 1.76. The molecule has 0 aliphatic carbocycles. The number of benzene rings is 1. The van der Waals surface area contributed by atoms with Gasteiger partial charge in [-0.1, -0.05) is 6.08 Å². The van der Waals surface area contributed by atoms with E-state index in [1.165, 1.54) is 24.3 Å². The molecule has 0 saturated heterocycles. The number of hydrogen-bond donors (Lipinski definition) is 2. The van der Waals surface area contributed by atoms with Crippen molar-refractivity contribution in [2.75, 3.05) is 6.61 Å². The Balaban J connectivity index is 2.25. The zero-order valence-corrected chi connectivity index (χ0v) is 12.3. The van der Waals surface area contributed by atoms with E-state index in [2.05, 4.69) is 11.9 Å². The van der Waals surface area contributed by atoms with Crippen molar-refractivity contribution < 1.29 is 23.8 Å². The van der Waals surface area contributed by atoms with Crippen molar-refractivity contribution in [2.45, 2.75) is 31.7 Å². The fourth-order valence-electron chi connectivity index (χ4n) is 1.76. The fraction of sp³-hybridized carbons (Fsp3) is 0.375. The molecule has 0 spiro atoms. The number of carboxylic acid groups (broad SMARTS) is 1. The molecule has 0 fully saturated rings. The normalized spacial score (nSPS) is 11.5. The minimum absolute atomic E-state index is 0.166. The molecule has 6 heteroatoms. The molecule has 0 aliphatic heterocycles. The van der Waals surface area contributed by atoms with Gasteiger partial charge in [0, 0.05) is 6.42 Å². The molecule has 22 heavy (non-hydrogen) atoms. The van der Waals surface area contributed by atoms with Crippen LogP contribution in [0.5, 0.6) is 5.75 Å². The van der Waals surface area contributed by atoms with E-state index >= 15 is 0 Å². The molecule has 120 valence electrons. The topological polar surface area (TPSA) is 75.6 Å². The first-order valence-corrected chi connectivity index (χ1v) is 7.04. The van der Waals surface area contributed by atoms with Crippen molar-refractivity contribution in [3.05, 3.63) is 42.7 Å². The van der Waals surface area contributed by atoms with Gasteiger partial charge in [-0.05, 0) is 43.5 Å². The molecule has 1 amide bonds. The molecule has 1 unspecified atom stereocenters. The monoisotopic (exact) mass is 309 g/mol. The van der Waals surface area contributed by atoms with Crippen LogP contribution in [0.3, 0.4) is 0 Å². The quantitative estimate of drug-likeness (QED) is 0.514. The zero-order valence-electron chi connectivity index (χ0n) is 12.3. The highest BCUT2D eigenvalue weighted by Crippen LogP contribution is 2.11. The van der Waals surface area contributed by atoms with E-state index in [1.54, 1.807) is 6.08 Å². The van der Waals surface area contributed by atoms with Crippen LogP contribution < -0.4 is 10.1 Å². The summed E-state index contributed by atoms with van der Waals surface area (Å²) in [7, 11) is 0. The Hall–Kier alpha value is -2.37. The highest BCUT2D eigenvalue weighted by atomic mass is 19.1. The minimum atomic E-state index is -1.06. The Labute approximate surface area is 128 Å². The maximum absolute atomic E-state index is 12.7. The van der Waals surface area contributed by atoms with Gasteiger partial charge in [0.2, 0.25) is 5.91 Å². The molecule has 5 nitrogen and oxygen atoms in total. The first-order valence-electron chi connectivity index (χ1n) is 7.04. The van der Waals surface area contributed by atoms with E-state index in [0.717, 1.165) is 0 Å². The van der Waals surface area contributed by atoms with E-state index in [1.807, 2.05) is 0 Å². The van der Waals surface area contributed by atoms with E-state index in [4.69, 9.17) is 9.84 Å². The van der Waals surface area contributed by atoms with Crippen LogP contribution in [0.15, 0.2) is 36.9 Å². The second kappa shape index (κ2) is 9.55. The highest BCUT2D eigenvalue weighted by molar-refractivity contribution is 5.83. The summed E-state index contributed by atoms with van der Waals surface area (Å²) in [6.07, 6.45) is 3.05. The molecule has 0 aliphatic rings. The van der Waals surface area contributed by atoms with Crippen LogP contribution in [0.2, 0.25) is 0 Å². The van der Waals surface area contributed by atoms with Crippen molar-refractivity contribution in [3.8, 4) is 5.75 Å². The third-order valence-electron chi connectivity index (χ3n) is 2.92. The molecule has 1 aromatic rings. The lowest BCUT2D eigenvalue weighted by Crippen LogP contribution is -2.40. The Kier molecular flexibility index (Phi) is 7.67. The summed E-state index contributed by atoms with van der Waals surface area (Å²) in [5.41, 5.74) is 0. The summed E-state index contributed by atoms with van der Waals surface area (Å²) in [6.45, 7) is 3.82. The number of rotatable bonds is 10. The molecule has 0 saturated carbocycles. The Bertz CT molecular complexity index is 501. The van der Waals surface area contributed by atoms with Gasteiger partial charge < -0.3 is 15.2 Å². The lowest BCUT2D eigenvalue weighted by molar-refractivity contribution is -0.142. The lowest BCUT2D eigenvalue weighted by Gasteiger charge is -2.13. The Morgan fingerprint density at radius 1 is 1.36 bits per heavy atom. The summed E-state index contributed by atoms with van der Waals surface area (Å²) in [4.78, 5) is 22.7. The van der Waals surface area contributed by atoms with Gasteiger partial charge in [0.15, 0.2) is 0 Å². The van der Waals surface area contributed by atoms with E-state index in [9.17, 15) is 14.0 Å². The van der Waals surface area contributed by atoms with Crippen LogP contribution in [0.25, 0.3) is 0 Å². The third-order valence-corrected chi connectivity index (χ3v) is 2.92. The number of aliphatic carboxylic acids is 1. The van der Waals surface area contributed by atoms with Gasteiger partial charge in [0.1, 0.15) is 17.6 Å². The summed E-state index contributed by atoms with van der Waals surface area (Å²) >= 11 is 0. The number of halogens is 1. The van der Waals surface area contributed by atoms with Gasteiger partial charge in [-0.3, -0.25) is 4.79 Å². The van der Waals surface area contributed by atoms with Crippen molar-refractivity contribution in [3.63, 3.8) is 0 Å². The van der Waals surface area contributed by atoms with E-state index in [0.29, 0.717) is 31.6 Å². The van der Waals surface area contributed by atoms with Crippen LogP contribution in [0.1, 0.15) is 25.7 Å². The standard InChI is InChI=1S/C16H20FNO4/c1-2-3-5-14(16(20)21)18-15(19)6-4-11-22-13-9-7-12(17)8-10-13/h2,7-10,14H,1,3-6,11H2,(H,18,19)(H,20,21). The average Bonchev–Trinajstić information content (AvgIpc) is 2.49. The molecule has 1 aromatic carbocycles. The number of hydrogen-bond acceptors (Lipinski definition) is 3. The maximum atomic E-state index is 12.7. The number of ether oxygens (including phenoxy) is 1. The number of nitrogens with one attached hydrogen (secondary N) is 1. The van der Waals surface area contributed by atoms with E-state index < -0.39 is 12.0 Å². The number of carboxylic acids is 1. The van der Waals surface area contributed by atoms with E-state index in [-0.39, 0.29) is 18.1 Å². The van der Waals surface area contributed by atoms with Gasteiger partial charge in [0.05, 0.1) is 6.61 Å². The maximum Gasteiger partial charge on any atom is 0.326 e. The molecule has 0 aromatic heterocycles. The van der Waals surface area contributed by atoms with Crippen LogP contribution >= 0.6 is 0 Å². The van der Waals surface area contributed by atoms with Crippen molar-refractivity contribution in [2.24, 2.45) is 0 Å². The average molecular weight is 309 g/mol. The van der Waals surface area contributed by atoms with Crippen LogP contribution in [0, 0.1) is 5.82 Å². The Morgan fingerprint density at radius 2 is 2.05 bits per heavy atom. The molecular weight excluding hydrogens is 289 g/mol. The number of amides is 1. The molecule has 1 atom stereocenters. The molecule has 0 radical (unpaired) electrons. The predicted molar refractivity (Wildman–Crippen MR) is 80.1 cm³/mol. The summed E-state index contributed by atoms with van der Waals surface area (Å²) < 4.78 is 18.0. The number of carbonyl (C=O) groups excluding carboxylic acids is 1. The van der Waals surface area contributed by atoms with Gasteiger partial charge in [0.25, 0.3) is 0 Å². The first-order chi connectivity index (χ1) is 10.5. The summed E-state index contributed by atoms with van der Waals surface area (Å²) in [6, 6.07) is 4.69. The second-order valence-electron chi connectivity index (χ2n) is 4.73. The summed E-state index contributed by atoms with van der Waals surface area (Å²) in [5.74, 6) is -1.21. The van der Waals surface area contributed by atoms with Crippen LogP contribution in [-0.2, 0) is 9.59 Å². The Morgan fingerprint density at radius 3 is 2.64 bits per heavy atom. The first kappa shape index (κ1) is 17.7. The number of allylic oxidation sites excluding steroid dienone is 1. The van der Waals surface area contributed by atoms with Gasteiger partial charge in [-0.15, -0.1) is 6.58 Å². The third kappa shape index (κ3) is 6.88. The zero-order chi connectivity index (χ0) is 16.4. The minimum Gasteiger partial charge on any atom is -0.494 e. The number of carbonyl (C=O) groups is 2. The SMILES string of the molecule is C=CCCC(NC(=O)CCCOc1ccc(F)cc1)C(=O)O. The van der Waals surface area contributed by atoms with Crippen LogP contribution in [-0.4, -0.2) is 29.6 Å². The highest BCUT2D eigenvalue weighted by Gasteiger charge is 2.18. The largest absolute Gasteiger partial charge is 0.494 e. The predicted octanol–water partition coefficient (Wildman–Crippen LogP) is 2.52. The molecule has 2 N–H and O–H groups in total. The molecule has 0 bridgehead atoms.